The van der Waals surface area contributed by atoms with Crippen molar-refractivity contribution in [1.29, 1.82) is 0 Å². The second kappa shape index (κ2) is 5.48. The highest BCUT2D eigenvalue weighted by atomic mass is 19.4. The first kappa shape index (κ1) is 13.7. The van der Waals surface area contributed by atoms with Gasteiger partial charge in [0.2, 0.25) is 0 Å². The molecule has 7 heteroatoms. The first-order valence-corrected chi connectivity index (χ1v) is 5.61. The van der Waals surface area contributed by atoms with Crippen LogP contribution >= 0.6 is 0 Å². The molecule has 104 valence electrons. The number of benzene rings is 1. The summed E-state index contributed by atoms with van der Waals surface area (Å²) in [6, 6.07) is 3.32. The van der Waals surface area contributed by atoms with Crippen LogP contribution in [0.4, 0.5) is 13.2 Å². The highest BCUT2D eigenvalue weighted by molar-refractivity contribution is 5.80. The Bertz CT molecular complexity index is 453. The number of aldehydes is 1. The molecule has 0 radical (unpaired) electrons. The van der Waals surface area contributed by atoms with Crippen LogP contribution in [0.3, 0.4) is 0 Å². The number of hydrogen-bond donors (Lipinski definition) is 0. The van der Waals surface area contributed by atoms with Crippen LogP contribution in [0.2, 0.25) is 0 Å². The van der Waals surface area contributed by atoms with E-state index in [1.54, 1.807) is 0 Å². The van der Waals surface area contributed by atoms with Crippen molar-refractivity contribution in [2.45, 2.75) is 25.5 Å². The van der Waals surface area contributed by atoms with Crippen molar-refractivity contribution in [3.05, 3.63) is 23.8 Å². The number of carbonyl (C=O) groups is 1. The number of halogens is 3. The summed E-state index contributed by atoms with van der Waals surface area (Å²) >= 11 is 0. The van der Waals surface area contributed by atoms with Crippen LogP contribution in [-0.2, 0) is 4.74 Å². The fourth-order valence-electron chi connectivity index (χ4n) is 1.71. The lowest BCUT2D eigenvalue weighted by Crippen LogP contribution is -2.18. The Morgan fingerprint density at radius 1 is 1.37 bits per heavy atom. The highest BCUT2D eigenvalue weighted by Gasteiger charge is 2.31. The topological polar surface area (TPSA) is 44.8 Å². The summed E-state index contributed by atoms with van der Waals surface area (Å²) in [5, 5.41) is 0. The van der Waals surface area contributed by atoms with E-state index in [-0.39, 0.29) is 11.3 Å². The number of hydrogen-bond acceptors (Lipinski definition) is 4. The van der Waals surface area contributed by atoms with Gasteiger partial charge in [-0.05, 0) is 24.6 Å². The van der Waals surface area contributed by atoms with Crippen LogP contribution in [0.1, 0.15) is 23.2 Å². The second-order valence-electron chi connectivity index (χ2n) is 3.93. The number of rotatable bonds is 4. The Morgan fingerprint density at radius 2 is 2.16 bits per heavy atom. The zero-order valence-corrected chi connectivity index (χ0v) is 9.77. The summed E-state index contributed by atoms with van der Waals surface area (Å²) in [6.45, 7) is 0.566. The average Bonchev–Trinajstić information content (AvgIpc) is 2.82. The molecule has 1 aromatic rings. The Balaban J connectivity index is 2.13. The van der Waals surface area contributed by atoms with Gasteiger partial charge in [-0.1, -0.05) is 0 Å². The van der Waals surface area contributed by atoms with Gasteiger partial charge in [0.1, 0.15) is 11.5 Å². The van der Waals surface area contributed by atoms with Crippen LogP contribution in [0.15, 0.2) is 18.2 Å². The monoisotopic (exact) mass is 276 g/mol. The van der Waals surface area contributed by atoms with Crippen molar-refractivity contribution >= 4 is 6.29 Å². The lowest BCUT2D eigenvalue weighted by atomic mass is 10.2. The summed E-state index contributed by atoms with van der Waals surface area (Å²) in [5.74, 6) is -0.286. The zero-order valence-electron chi connectivity index (χ0n) is 9.77. The van der Waals surface area contributed by atoms with E-state index < -0.39 is 18.4 Å². The van der Waals surface area contributed by atoms with E-state index in [1.807, 2.05) is 0 Å². The molecule has 1 aliphatic rings. The van der Waals surface area contributed by atoms with Gasteiger partial charge >= 0.3 is 6.36 Å². The summed E-state index contributed by atoms with van der Waals surface area (Å²) in [5.41, 5.74) is -0.0164. The first-order chi connectivity index (χ1) is 8.98. The molecule has 0 spiro atoms. The van der Waals surface area contributed by atoms with Crippen LogP contribution in [-0.4, -0.2) is 25.5 Å². The van der Waals surface area contributed by atoms with E-state index in [4.69, 9.17) is 9.47 Å². The van der Waals surface area contributed by atoms with Crippen molar-refractivity contribution in [2.24, 2.45) is 0 Å². The van der Waals surface area contributed by atoms with Gasteiger partial charge in [0, 0.05) is 6.42 Å². The SMILES string of the molecule is O=Cc1cc(OC(F)(F)F)ccc1OC1CCCO1. The van der Waals surface area contributed by atoms with Gasteiger partial charge in [-0.2, -0.15) is 0 Å². The third kappa shape index (κ3) is 3.85. The van der Waals surface area contributed by atoms with Gasteiger partial charge in [0.25, 0.3) is 0 Å². The van der Waals surface area contributed by atoms with E-state index in [0.29, 0.717) is 19.3 Å². The fourth-order valence-corrected chi connectivity index (χ4v) is 1.71. The van der Waals surface area contributed by atoms with Crippen LogP contribution in [0.5, 0.6) is 11.5 Å². The van der Waals surface area contributed by atoms with Gasteiger partial charge in [-0.3, -0.25) is 4.79 Å². The van der Waals surface area contributed by atoms with Gasteiger partial charge in [-0.25, -0.2) is 0 Å². The molecule has 0 aromatic heterocycles. The third-order valence-electron chi connectivity index (χ3n) is 2.49. The molecule has 1 atom stereocenters. The molecule has 2 rings (SSSR count). The van der Waals surface area contributed by atoms with E-state index in [9.17, 15) is 18.0 Å². The largest absolute Gasteiger partial charge is 0.573 e. The number of carbonyl (C=O) groups excluding carboxylic acids is 1. The minimum Gasteiger partial charge on any atom is -0.464 e. The maximum atomic E-state index is 12.0. The predicted molar refractivity (Wildman–Crippen MR) is 58.1 cm³/mol. The molecular weight excluding hydrogens is 265 g/mol. The summed E-state index contributed by atoms with van der Waals surface area (Å²) < 4.78 is 50.5. The Hall–Kier alpha value is -1.76. The van der Waals surface area contributed by atoms with Crippen molar-refractivity contribution < 1.29 is 32.2 Å². The highest BCUT2D eigenvalue weighted by Crippen LogP contribution is 2.29. The van der Waals surface area contributed by atoms with Crippen LogP contribution in [0.25, 0.3) is 0 Å². The average molecular weight is 276 g/mol. The van der Waals surface area contributed by atoms with Gasteiger partial charge < -0.3 is 14.2 Å². The molecule has 0 amide bonds. The molecule has 19 heavy (non-hydrogen) atoms. The summed E-state index contributed by atoms with van der Waals surface area (Å²) in [4.78, 5) is 10.9. The molecule has 1 aromatic carbocycles. The van der Waals surface area contributed by atoms with E-state index in [1.165, 1.54) is 6.07 Å². The molecule has 1 aliphatic heterocycles. The maximum absolute atomic E-state index is 12.0. The van der Waals surface area contributed by atoms with E-state index in [2.05, 4.69) is 4.74 Å². The minimum atomic E-state index is -4.79. The predicted octanol–water partition coefficient (Wildman–Crippen LogP) is 2.91. The lowest BCUT2D eigenvalue weighted by molar-refractivity contribution is -0.274. The standard InChI is InChI=1S/C12H11F3O4/c13-12(14,15)19-9-3-4-10(8(6-9)7-16)18-11-2-1-5-17-11/h3-4,6-7,11H,1-2,5H2. The lowest BCUT2D eigenvalue weighted by Gasteiger charge is -2.15. The van der Waals surface area contributed by atoms with Crippen molar-refractivity contribution in [2.75, 3.05) is 6.61 Å². The maximum Gasteiger partial charge on any atom is 0.573 e. The Kier molecular flexibility index (Phi) is 3.94. The van der Waals surface area contributed by atoms with Gasteiger partial charge in [0.15, 0.2) is 12.6 Å². The smallest absolute Gasteiger partial charge is 0.464 e. The summed E-state index contributed by atoms with van der Waals surface area (Å²) in [7, 11) is 0. The molecule has 0 N–H and O–H groups in total. The second-order valence-corrected chi connectivity index (χ2v) is 3.93. The molecule has 0 bridgehead atoms. The molecule has 1 unspecified atom stereocenters. The van der Waals surface area contributed by atoms with Gasteiger partial charge in [-0.15, -0.1) is 13.2 Å². The summed E-state index contributed by atoms with van der Waals surface area (Å²) in [6.07, 6.45) is -3.33. The minimum absolute atomic E-state index is 0.0164. The van der Waals surface area contributed by atoms with Crippen molar-refractivity contribution in [3.8, 4) is 11.5 Å². The van der Waals surface area contributed by atoms with E-state index >= 15 is 0 Å². The van der Waals surface area contributed by atoms with Crippen molar-refractivity contribution in [3.63, 3.8) is 0 Å². The van der Waals surface area contributed by atoms with Crippen LogP contribution in [0, 0.1) is 0 Å². The quantitative estimate of drug-likeness (QED) is 0.793. The van der Waals surface area contributed by atoms with Gasteiger partial charge in [0.05, 0.1) is 12.2 Å². The Morgan fingerprint density at radius 3 is 2.74 bits per heavy atom. The van der Waals surface area contributed by atoms with E-state index in [0.717, 1.165) is 18.6 Å². The molecule has 4 nitrogen and oxygen atoms in total. The Labute approximate surface area is 107 Å². The van der Waals surface area contributed by atoms with Crippen molar-refractivity contribution in [1.82, 2.24) is 0 Å². The normalized spacial score (nSPS) is 19.2. The first-order valence-electron chi connectivity index (χ1n) is 5.61. The molecule has 1 fully saturated rings. The number of alkyl halides is 3. The molecule has 0 aliphatic carbocycles. The molecule has 0 saturated carbocycles. The van der Waals surface area contributed by atoms with Crippen LogP contribution < -0.4 is 9.47 Å². The molecular formula is C12H11F3O4. The number of ether oxygens (including phenoxy) is 3. The molecule has 1 heterocycles. The zero-order chi connectivity index (χ0) is 13.9. The molecule has 1 saturated heterocycles. The third-order valence-corrected chi connectivity index (χ3v) is 2.49. The fraction of sp³-hybridized carbons (Fsp3) is 0.417.